The van der Waals surface area contributed by atoms with Gasteiger partial charge in [-0.25, -0.2) is 4.57 Å². The van der Waals surface area contributed by atoms with Gasteiger partial charge in [0.15, 0.2) is 0 Å². The molecule has 74 valence electrons. The number of hydrogen-bond donors (Lipinski definition) is 2. The van der Waals surface area contributed by atoms with Crippen LogP contribution in [0.3, 0.4) is 0 Å². The van der Waals surface area contributed by atoms with E-state index in [2.05, 4.69) is 4.98 Å². The van der Waals surface area contributed by atoms with Crippen LogP contribution in [0, 0.1) is 11.3 Å². The summed E-state index contributed by atoms with van der Waals surface area (Å²) >= 11 is 0. The lowest BCUT2D eigenvalue weighted by atomic mass is 10.3. The van der Waals surface area contributed by atoms with E-state index in [0.29, 0.717) is 5.69 Å². The van der Waals surface area contributed by atoms with Gasteiger partial charge in [-0.3, -0.25) is 0 Å². The van der Waals surface area contributed by atoms with Crippen LogP contribution in [0.1, 0.15) is 5.69 Å². The van der Waals surface area contributed by atoms with Gasteiger partial charge in [-0.05, 0) is 12.1 Å². The smallest absolute Gasteiger partial charge is 0.302 e. The second-order valence-electron chi connectivity index (χ2n) is 2.87. The molecule has 0 spiro atoms. The molecule has 2 aromatic rings. The predicted octanol–water partition coefficient (Wildman–Crippen LogP) is 1.16. The van der Waals surface area contributed by atoms with Crippen LogP contribution in [0.5, 0.6) is 11.9 Å². The average Bonchev–Trinajstić information content (AvgIpc) is 2.55. The Balaban J connectivity index is 2.65. The Morgan fingerprint density at radius 2 is 1.87 bits per heavy atom. The Hall–Kier alpha value is -2.48. The Kier molecular flexibility index (Phi) is 2.03. The Bertz CT molecular complexity index is 526. The first-order valence-electron chi connectivity index (χ1n) is 4.20. The summed E-state index contributed by atoms with van der Waals surface area (Å²) in [6.45, 7) is 0. The molecule has 0 aliphatic rings. The highest BCUT2D eigenvalue weighted by Crippen LogP contribution is 2.27. The van der Waals surface area contributed by atoms with Crippen LogP contribution in [-0.2, 0) is 0 Å². The number of rotatable bonds is 1. The molecule has 1 heterocycles. The van der Waals surface area contributed by atoms with Gasteiger partial charge < -0.3 is 10.2 Å². The van der Waals surface area contributed by atoms with Gasteiger partial charge in [-0.15, -0.1) is 0 Å². The van der Waals surface area contributed by atoms with Crippen molar-refractivity contribution in [2.24, 2.45) is 0 Å². The van der Waals surface area contributed by atoms with Crippen molar-refractivity contribution in [3.05, 3.63) is 36.0 Å². The van der Waals surface area contributed by atoms with E-state index in [-0.39, 0.29) is 11.6 Å². The fourth-order valence-electron chi connectivity index (χ4n) is 1.29. The fraction of sp³-hybridized carbons (Fsp3) is 0. The molecule has 5 heteroatoms. The zero-order valence-corrected chi connectivity index (χ0v) is 7.62. The largest absolute Gasteiger partial charge is 0.492 e. The topological polar surface area (TPSA) is 82.1 Å². The maximum Gasteiger partial charge on any atom is 0.302 e. The van der Waals surface area contributed by atoms with Crippen molar-refractivity contribution in [1.29, 1.82) is 5.26 Å². The van der Waals surface area contributed by atoms with Crippen molar-refractivity contribution in [1.82, 2.24) is 9.55 Å². The third-order valence-electron chi connectivity index (χ3n) is 1.96. The molecule has 0 fully saturated rings. The second kappa shape index (κ2) is 3.35. The lowest BCUT2D eigenvalue weighted by Crippen LogP contribution is -1.91. The molecule has 1 aromatic carbocycles. The highest BCUT2D eigenvalue weighted by molar-refractivity contribution is 5.45. The van der Waals surface area contributed by atoms with Gasteiger partial charge in [0.05, 0.1) is 5.69 Å². The monoisotopic (exact) mass is 201 g/mol. The van der Waals surface area contributed by atoms with E-state index in [1.54, 1.807) is 36.4 Å². The van der Waals surface area contributed by atoms with Gasteiger partial charge in [0.2, 0.25) is 11.6 Å². The highest BCUT2D eigenvalue weighted by Gasteiger charge is 2.16. The summed E-state index contributed by atoms with van der Waals surface area (Å²) in [6, 6.07) is 9.95. The van der Waals surface area contributed by atoms with Crippen molar-refractivity contribution in [2.75, 3.05) is 0 Å². The standard InChI is InChI=1S/C10H7N3O2/c11-6-8-9(14)13(10(15)12-8)7-4-2-1-3-5-7/h1-5,14H,(H,12,15). The van der Waals surface area contributed by atoms with Gasteiger partial charge in [-0.2, -0.15) is 10.2 Å². The normalized spacial score (nSPS) is 9.80. The van der Waals surface area contributed by atoms with E-state index >= 15 is 0 Å². The molecule has 5 nitrogen and oxygen atoms in total. The number of benzene rings is 1. The minimum Gasteiger partial charge on any atom is -0.492 e. The first-order chi connectivity index (χ1) is 7.24. The number of aromatic hydroxyl groups is 2. The Morgan fingerprint density at radius 3 is 2.40 bits per heavy atom. The van der Waals surface area contributed by atoms with Crippen LogP contribution in [0.4, 0.5) is 0 Å². The Labute approximate surface area is 85.5 Å². The predicted molar refractivity (Wildman–Crippen MR) is 51.6 cm³/mol. The average molecular weight is 201 g/mol. The second-order valence-corrected chi connectivity index (χ2v) is 2.87. The zero-order valence-electron chi connectivity index (χ0n) is 7.62. The molecule has 0 radical (unpaired) electrons. The molecule has 1 aromatic heterocycles. The molecular weight excluding hydrogens is 194 g/mol. The number of aromatic nitrogens is 2. The molecule has 0 bridgehead atoms. The van der Waals surface area contributed by atoms with Crippen molar-refractivity contribution in [2.45, 2.75) is 0 Å². The van der Waals surface area contributed by atoms with E-state index < -0.39 is 6.01 Å². The summed E-state index contributed by atoms with van der Waals surface area (Å²) in [5.74, 6) is -0.360. The molecule has 0 unspecified atom stereocenters. The van der Waals surface area contributed by atoms with E-state index in [9.17, 15) is 10.2 Å². The van der Waals surface area contributed by atoms with Gasteiger partial charge in [0, 0.05) is 0 Å². The van der Waals surface area contributed by atoms with Crippen LogP contribution in [-0.4, -0.2) is 19.8 Å². The molecular formula is C10H7N3O2. The number of hydrogen-bond acceptors (Lipinski definition) is 4. The molecule has 0 saturated heterocycles. The molecule has 0 aliphatic carbocycles. The molecule has 0 amide bonds. The maximum atomic E-state index is 9.58. The van der Waals surface area contributed by atoms with Crippen LogP contribution >= 0.6 is 0 Å². The van der Waals surface area contributed by atoms with E-state index in [0.717, 1.165) is 4.57 Å². The number of para-hydroxylation sites is 1. The zero-order chi connectivity index (χ0) is 10.8. The lowest BCUT2D eigenvalue weighted by molar-refractivity contribution is 0.395. The van der Waals surface area contributed by atoms with Crippen LogP contribution < -0.4 is 0 Å². The molecule has 0 saturated carbocycles. The van der Waals surface area contributed by atoms with Gasteiger partial charge in [0.25, 0.3) is 0 Å². The summed E-state index contributed by atoms with van der Waals surface area (Å²) in [6.07, 6.45) is 0. The molecule has 2 rings (SSSR count). The molecule has 0 atom stereocenters. The summed E-state index contributed by atoms with van der Waals surface area (Å²) in [5.41, 5.74) is 0.345. The quantitative estimate of drug-likeness (QED) is 0.725. The van der Waals surface area contributed by atoms with Gasteiger partial charge >= 0.3 is 6.01 Å². The summed E-state index contributed by atoms with van der Waals surface area (Å²) in [7, 11) is 0. The van der Waals surface area contributed by atoms with Crippen LogP contribution in [0.15, 0.2) is 30.3 Å². The van der Waals surface area contributed by atoms with E-state index in [1.165, 1.54) is 0 Å². The van der Waals surface area contributed by atoms with Gasteiger partial charge in [-0.1, -0.05) is 18.2 Å². The van der Waals surface area contributed by atoms with Crippen LogP contribution in [0.2, 0.25) is 0 Å². The minimum atomic E-state index is -0.407. The fourth-order valence-corrected chi connectivity index (χ4v) is 1.29. The lowest BCUT2D eigenvalue weighted by Gasteiger charge is -2.03. The van der Waals surface area contributed by atoms with Crippen molar-refractivity contribution in [3.63, 3.8) is 0 Å². The molecule has 2 N–H and O–H groups in total. The highest BCUT2D eigenvalue weighted by atomic mass is 16.3. The summed E-state index contributed by atoms with van der Waals surface area (Å²) < 4.78 is 1.10. The van der Waals surface area contributed by atoms with E-state index in [4.69, 9.17) is 5.26 Å². The maximum absolute atomic E-state index is 9.58. The number of imidazole rings is 1. The summed E-state index contributed by atoms with van der Waals surface area (Å²) in [5, 5.41) is 27.6. The molecule has 15 heavy (non-hydrogen) atoms. The van der Waals surface area contributed by atoms with Crippen molar-refractivity contribution in [3.8, 4) is 23.6 Å². The first-order valence-corrected chi connectivity index (χ1v) is 4.20. The number of nitrogens with zero attached hydrogens (tertiary/aromatic N) is 3. The first kappa shape index (κ1) is 9.09. The van der Waals surface area contributed by atoms with Crippen LogP contribution in [0.25, 0.3) is 5.69 Å². The van der Waals surface area contributed by atoms with Gasteiger partial charge in [0.1, 0.15) is 6.07 Å². The summed E-state index contributed by atoms with van der Waals surface area (Å²) in [4.78, 5) is 3.51. The van der Waals surface area contributed by atoms with Crippen molar-refractivity contribution < 1.29 is 10.2 Å². The Morgan fingerprint density at radius 1 is 1.20 bits per heavy atom. The third kappa shape index (κ3) is 1.38. The molecule has 0 aliphatic heterocycles. The number of nitriles is 1. The third-order valence-corrected chi connectivity index (χ3v) is 1.96. The van der Waals surface area contributed by atoms with E-state index in [1.807, 2.05) is 0 Å². The SMILES string of the molecule is N#Cc1nc(O)n(-c2ccccc2)c1O. The van der Waals surface area contributed by atoms with Crippen molar-refractivity contribution >= 4 is 0 Å². The minimum absolute atomic E-state index is 0.198.